The zero-order valence-corrected chi connectivity index (χ0v) is 12.3. The second-order valence-electron chi connectivity index (χ2n) is 5.87. The molecule has 0 spiro atoms. The highest BCUT2D eigenvalue weighted by Crippen LogP contribution is 2.16. The molecule has 0 unspecified atom stereocenters. The molecule has 1 aromatic heterocycles. The van der Waals surface area contributed by atoms with Gasteiger partial charge in [-0.25, -0.2) is 4.68 Å². The second-order valence-corrected chi connectivity index (χ2v) is 5.87. The van der Waals surface area contributed by atoms with E-state index in [1.165, 1.54) is 11.1 Å². The Morgan fingerprint density at radius 3 is 2.85 bits per heavy atom. The Balaban J connectivity index is 2.10. The number of aryl methyl sites for hydroxylation is 2. The molecule has 5 heteroatoms. The van der Waals surface area contributed by atoms with Gasteiger partial charge < -0.3 is 5.32 Å². The van der Waals surface area contributed by atoms with E-state index < -0.39 is 0 Å². The summed E-state index contributed by atoms with van der Waals surface area (Å²) < 4.78 is 1.29. The number of aromatic nitrogens is 2. The Bertz CT molecular complexity index is 534. The molecular formula is C15H23N3O2. The molecule has 0 saturated carbocycles. The fourth-order valence-corrected chi connectivity index (χ4v) is 2.40. The molecule has 0 fully saturated rings. The Morgan fingerprint density at radius 1 is 1.35 bits per heavy atom. The quantitative estimate of drug-likeness (QED) is 0.843. The highest BCUT2D eigenvalue weighted by atomic mass is 16.2. The van der Waals surface area contributed by atoms with Crippen molar-refractivity contribution >= 4 is 5.91 Å². The molecule has 1 aliphatic carbocycles. The van der Waals surface area contributed by atoms with Crippen molar-refractivity contribution in [3.8, 4) is 0 Å². The van der Waals surface area contributed by atoms with E-state index in [4.69, 9.17) is 0 Å². The fraction of sp³-hybridized carbons (Fsp3) is 0.667. The summed E-state index contributed by atoms with van der Waals surface area (Å²) in [6.07, 6.45) is 5.24. The summed E-state index contributed by atoms with van der Waals surface area (Å²) in [7, 11) is 0. The maximum absolute atomic E-state index is 12.0. The first-order valence-electron chi connectivity index (χ1n) is 7.43. The van der Waals surface area contributed by atoms with Crippen LogP contribution in [-0.4, -0.2) is 22.2 Å². The van der Waals surface area contributed by atoms with Crippen LogP contribution in [0.5, 0.6) is 0 Å². The fourth-order valence-electron chi connectivity index (χ4n) is 2.40. The number of hydrogen-bond acceptors (Lipinski definition) is 3. The van der Waals surface area contributed by atoms with Gasteiger partial charge in [0.25, 0.3) is 5.56 Å². The molecule has 0 saturated heterocycles. The van der Waals surface area contributed by atoms with E-state index in [9.17, 15) is 9.59 Å². The van der Waals surface area contributed by atoms with Gasteiger partial charge in [-0.1, -0.05) is 20.3 Å². The molecule has 1 amide bonds. The lowest BCUT2D eigenvalue weighted by atomic mass is 10.1. The second kappa shape index (κ2) is 6.68. The third kappa shape index (κ3) is 3.92. The molecular weight excluding hydrogens is 254 g/mol. The van der Waals surface area contributed by atoms with Crippen LogP contribution in [0.1, 0.15) is 44.4 Å². The third-order valence-electron chi connectivity index (χ3n) is 3.52. The molecule has 1 aliphatic rings. The maximum atomic E-state index is 12.0. The van der Waals surface area contributed by atoms with E-state index in [-0.39, 0.29) is 18.0 Å². The maximum Gasteiger partial charge on any atom is 0.267 e. The van der Waals surface area contributed by atoms with Crippen LogP contribution in [-0.2, 0) is 24.2 Å². The van der Waals surface area contributed by atoms with Crippen LogP contribution in [0.25, 0.3) is 0 Å². The summed E-state index contributed by atoms with van der Waals surface area (Å²) >= 11 is 0. The Labute approximate surface area is 119 Å². The third-order valence-corrected chi connectivity index (χ3v) is 3.52. The highest BCUT2D eigenvalue weighted by Gasteiger charge is 2.13. The normalized spacial score (nSPS) is 14.8. The number of nitrogens with one attached hydrogen (secondary N) is 1. The predicted octanol–water partition coefficient (Wildman–Crippen LogP) is 1.28. The number of fused-ring (bicyclic) bond motifs is 1. The van der Waals surface area contributed by atoms with Gasteiger partial charge in [-0.15, -0.1) is 0 Å². The largest absolute Gasteiger partial charge is 0.354 e. The highest BCUT2D eigenvalue weighted by molar-refractivity contribution is 5.75. The molecule has 1 N–H and O–H groups in total. The van der Waals surface area contributed by atoms with E-state index in [0.717, 1.165) is 36.9 Å². The van der Waals surface area contributed by atoms with E-state index >= 15 is 0 Å². The van der Waals surface area contributed by atoms with Crippen molar-refractivity contribution in [3.63, 3.8) is 0 Å². The lowest BCUT2D eigenvalue weighted by molar-refractivity contribution is -0.122. The average molecular weight is 277 g/mol. The van der Waals surface area contributed by atoms with Crippen molar-refractivity contribution in [3.05, 3.63) is 27.7 Å². The summed E-state index contributed by atoms with van der Waals surface area (Å²) in [6.45, 7) is 4.71. The van der Waals surface area contributed by atoms with Crippen molar-refractivity contribution in [1.82, 2.24) is 15.1 Å². The molecule has 20 heavy (non-hydrogen) atoms. The van der Waals surface area contributed by atoms with Gasteiger partial charge in [0.05, 0.1) is 5.69 Å². The van der Waals surface area contributed by atoms with Gasteiger partial charge in [0.15, 0.2) is 0 Å². The van der Waals surface area contributed by atoms with Crippen molar-refractivity contribution in [2.24, 2.45) is 5.92 Å². The standard InChI is InChI=1S/C15H23N3O2/c1-11(2)9-16-14(19)10-18-15(20)8-12-6-4-3-5-7-13(12)17-18/h8,11H,3-7,9-10H2,1-2H3,(H,16,19). The van der Waals surface area contributed by atoms with E-state index in [0.29, 0.717) is 12.5 Å². The summed E-state index contributed by atoms with van der Waals surface area (Å²) in [4.78, 5) is 23.8. The molecule has 0 aliphatic heterocycles. The van der Waals surface area contributed by atoms with Crippen LogP contribution < -0.4 is 10.9 Å². The minimum absolute atomic E-state index is 0.0127. The average Bonchev–Trinajstić information content (AvgIpc) is 2.62. The smallest absolute Gasteiger partial charge is 0.267 e. The minimum Gasteiger partial charge on any atom is -0.354 e. The summed E-state index contributed by atoms with van der Waals surface area (Å²) in [5.74, 6) is 0.248. The SMILES string of the molecule is CC(C)CNC(=O)Cn1nc2c(cc1=O)CCCCC2. The van der Waals surface area contributed by atoms with Gasteiger partial charge in [0.1, 0.15) is 6.54 Å². The molecule has 0 atom stereocenters. The number of carbonyl (C=O) groups excluding carboxylic acids is 1. The zero-order chi connectivity index (χ0) is 14.5. The van der Waals surface area contributed by atoms with Crippen LogP contribution in [0.3, 0.4) is 0 Å². The Hall–Kier alpha value is -1.65. The topological polar surface area (TPSA) is 64.0 Å². The van der Waals surface area contributed by atoms with Crippen molar-refractivity contribution in [2.45, 2.75) is 52.5 Å². The van der Waals surface area contributed by atoms with E-state index in [1.807, 2.05) is 13.8 Å². The number of hydrogen-bond donors (Lipinski definition) is 1. The monoisotopic (exact) mass is 277 g/mol. The van der Waals surface area contributed by atoms with Crippen LogP contribution in [0.4, 0.5) is 0 Å². The molecule has 5 nitrogen and oxygen atoms in total. The first-order chi connectivity index (χ1) is 9.56. The lowest BCUT2D eigenvalue weighted by Crippen LogP contribution is -2.35. The lowest BCUT2D eigenvalue weighted by Gasteiger charge is -2.11. The predicted molar refractivity (Wildman–Crippen MR) is 77.6 cm³/mol. The molecule has 0 aromatic carbocycles. The molecule has 1 aromatic rings. The summed E-state index contributed by atoms with van der Waals surface area (Å²) in [5.41, 5.74) is 1.87. The first kappa shape index (κ1) is 14.8. The van der Waals surface area contributed by atoms with Crippen LogP contribution in [0.2, 0.25) is 0 Å². The van der Waals surface area contributed by atoms with Gasteiger partial charge in [0, 0.05) is 12.6 Å². The van der Waals surface area contributed by atoms with Gasteiger partial charge >= 0.3 is 0 Å². The molecule has 2 rings (SSSR count). The van der Waals surface area contributed by atoms with Gasteiger partial charge in [0.2, 0.25) is 5.91 Å². The van der Waals surface area contributed by atoms with Gasteiger partial charge in [-0.3, -0.25) is 9.59 Å². The summed E-state index contributed by atoms with van der Waals surface area (Å²) in [6, 6.07) is 1.66. The first-order valence-corrected chi connectivity index (χ1v) is 7.43. The molecule has 110 valence electrons. The Morgan fingerprint density at radius 2 is 2.10 bits per heavy atom. The van der Waals surface area contributed by atoms with E-state index in [1.54, 1.807) is 6.07 Å². The van der Waals surface area contributed by atoms with Crippen molar-refractivity contribution < 1.29 is 4.79 Å². The van der Waals surface area contributed by atoms with Crippen LogP contribution in [0.15, 0.2) is 10.9 Å². The summed E-state index contributed by atoms with van der Waals surface area (Å²) in [5, 5.41) is 7.19. The molecule has 0 radical (unpaired) electrons. The zero-order valence-electron chi connectivity index (χ0n) is 12.3. The number of carbonyl (C=O) groups is 1. The number of amides is 1. The van der Waals surface area contributed by atoms with Crippen LogP contribution >= 0.6 is 0 Å². The van der Waals surface area contributed by atoms with Crippen molar-refractivity contribution in [2.75, 3.05) is 6.54 Å². The molecule has 1 heterocycles. The van der Waals surface area contributed by atoms with Crippen molar-refractivity contribution in [1.29, 1.82) is 0 Å². The number of nitrogens with zero attached hydrogens (tertiary/aromatic N) is 2. The van der Waals surface area contributed by atoms with Gasteiger partial charge in [-0.2, -0.15) is 5.10 Å². The van der Waals surface area contributed by atoms with Gasteiger partial charge in [-0.05, 0) is 37.2 Å². The van der Waals surface area contributed by atoms with Crippen LogP contribution in [0, 0.1) is 5.92 Å². The van der Waals surface area contributed by atoms with E-state index in [2.05, 4.69) is 10.4 Å². The minimum atomic E-state index is -0.176. The number of rotatable bonds is 4. The molecule has 0 bridgehead atoms. The Kier molecular flexibility index (Phi) is 4.93.